The maximum absolute atomic E-state index is 3.71. The maximum atomic E-state index is 3.71. The Kier molecular flexibility index (Phi) is 5.86. The summed E-state index contributed by atoms with van der Waals surface area (Å²) in [6, 6.07) is 30.5. The van der Waals surface area contributed by atoms with E-state index in [1.807, 2.05) is 0 Å². The second kappa shape index (κ2) is 8.88. The second-order valence-electron chi connectivity index (χ2n) is 7.38. The Hall–Kier alpha value is -2.58. The zero-order chi connectivity index (χ0) is 18.3. The van der Waals surface area contributed by atoms with Crippen LogP contribution >= 0.6 is 0 Å². The lowest BCUT2D eigenvalue weighted by Crippen LogP contribution is -2.35. The molecule has 0 radical (unpaired) electrons. The van der Waals surface area contributed by atoms with Crippen LogP contribution in [0.2, 0.25) is 0 Å². The monoisotopic (exact) mass is 356 g/mol. The van der Waals surface area contributed by atoms with Gasteiger partial charge in [0.25, 0.3) is 0 Å². The van der Waals surface area contributed by atoms with Gasteiger partial charge in [-0.15, -0.1) is 0 Å². The Balaban J connectivity index is 1.64. The molecule has 0 aromatic heterocycles. The van der Waals surface area contributed by atoms with Crippen LogP contribution < -0.4 is 10.6 Å². The quantitative estimate of drug-likeness (QED) is 0.567. The number of anilines is 1. The Morgan fingerprint density at radius 2 is 1.37 bits per heavy atom. The van der Waals surface area contributed by atoms with Crippen molar-refractivity contribution < 1.29 is 0 Å². The Morgan fingerprint density at radius 3 is 2.07 bits per heavy atom. The molecule has 2 heteroatoms. The van der Waals surface area contributed by atoms with Crippen molar-refractivity contribution in [3.8, 4) is 0 Å². The van der Waals surface area contributed by atoms with Crippen molar-refractivity contribution in [1.82, 2.24) is 5.32 Å². The molecule has 138 valence electrons. The van der Waals surface area contributed by atoms with Crippen LogP contribution in [0, 0.1) is 0 Å². The molecule has 0 saturated carbocycles. The highest BCUT2D eigenvalue weighted by molar-refractivity contribution is 5.52. The average molecular weight is 357 g/mol. The van der Waals surface area contributed by atoms with Crippen LogP contribution in [0.5, 0.6) is 0 Å². The lowest BCUT2D eigenvalue weighted by molar-refractivity contribution is 0.563. The van der Waals surface area contributed by atoms with E-state index in [0.717, 1.165) is 6.54 Å². The van der Waals surface area contributed by atoms with Crippen LogP contribution in [0.1, 0.15) is 48.3 Å². The Bertz CT molecular complexity index is 782. The molecule has 1 aliphatic heterocycles. The zero-order valence-corrected chi connectivity index (χ0v) is 15.8. The third-order valence-electron chi connectivity index (χ3n) is 5.39. The zero-order valence-electron chi connectivity index (χ0n) is 15.8. The van der Waals surface area contributed by atoms with Gasteiger partial charge in [0.15, 0.2) is 0 Å². The van der Waals surface area contributed by atoms with Crippen molar-refractivity contribution in [3.05, 3.63) is 102 Å². The first kappa shape index (κ1) is 17.8. The summed E-state index contributed by atoms with van der Waals surface area (Å²) in [5.74, 6) is 0.247. The van der Waals surface area contributed by atoms with Gasteiger partial charge in [-0.3, -0.25) is 5.32 Å². The van der Waals surface area contributed by atoms with Crippen LogP contribution in [-0.4, -0.2) is 12.7 Å². The van der Waals surface area contributed by atoms with Gasteiger partial charge in [0, 0.05) is 11.6 Å². The molecule has 3 aromatic carbocycles. The fourth-order valence-electron chi connectivity index (χ4n) is 4.03. The van der Waals surface area contributed by atoms with Gasteiger partial charge in [-0.25, -0.2) is 0 Å². The van der Waals surface area contributed by atoms with Crippen LogP contribution in [0.25, 0.3) is 0 Å². The first-order valence-corrected chi connectivity index (χ1v) is 10.1. The van der Waals surface area contributed by atoms with Gasteiger partial charge >= 0.3 is 0 Å². The number of benzene rings is 3. The summed E-state index contributed by atoms with van der Waals surface area (Å²) in [7, 11) is 0. The lowest BCUT2D eigenvalue weighted by atomic mass is 9.85. The van der Waals surface area contributed by atoms with E-state index in [2.05, 4.69) is 95.6 Å². The molecule has 3 aromatic rings. The third-order valence-corrected chi connectivity index (χ3v) is 5.39. The van der Waals surface area contributed by atoms with Crippen LogP contribution in [0.4, 0.5) is 5.69 Å². The highest BCUT2D eigenvalue weighted by atomic mass is 15.1. The van der Waals surface area contributed by atoms with E-state index < -0.39 is 0 Å². The van der Waals surface area contributed by atoms with E-state index in [1.165, 1.54) is 48.1 Å². The number of hydrogen-bond donors (Lipinski definition) is 2. The van der Waals surface area contributed by atoms with Crippen molar-refractivity contribution in [2.45, 2.75) is 37.8 Å². The van der Waals surface area contributed by atoms with Gasteiger partial charge in [-0.1, -0.05) is 85.6 Å². The van der Waals surface area contributed by atoms with Gasteiger partial charge in [-0.05, 0) is 48.2 Å². The summed E-state index contributed by atoms with van der Waals surface area (Å²) in [6.45, 7) is 1.11. The summed E-state index contributed by atoms with van der Waals surface area (Å²) < 4.78 is 0. The Labute approximate surface area is 162 Å². The minimum absolute atomic E-state index is 0.247. The largest absolute Gasteiger partial charge is 0.370 e. The van der Waals surface area contributed by atoms with Crippen molar-refractivity contribution >= 4 is 5.69 Å². The number of rotatable bonds is 5. The predicted molar refractivity (Wildman–Crippen MR) is 114 cm³/mol. The van der Waals surface area contributed by atoms with Crippen molar-refractivity contribution in [3.63, 3.8) is 0 Å². The molecule has 2 N–H and O–H groups in total. The summed E-state index contributed by atoms with van der Waals surface area (Å²) in [4.78, 5) is 0. The van der Waals surface area contributed by atoms with Crippen LogP contribution in [0.3, 0.4) is 0 Å². The maximum Gasteiger partial charge on any atom is 0.0768 e. The molecule has 27 heavy (non-hydrogen) atoms. The highest BCUT2D eigenvalue weighted by Crippen LogP contribution is 2.33. The molecule has 1 atom stereocenters. The lowest BCUT2D eigenvalue weighted by Gasteiger charge is -2.22. The SMILES string of the molecule is c1ccc(C(c2ccccc2)c2cccc(N[C@@H]3CCCCCN3)c2)cc1. The summed E-state index contributed by atoms with van der Waals surface area (Å²) in [5, 5.41) is 7.34. The normalized spacial score (nSPS) is 17.4. The molecule has 0 bridgehead atoms. The van der Waals surface area contributed by atoms with Gasteiger partial charge in [-0.2, -0.15) is 0 Å². The summed E-state index contributed by atoms with van der Waals surface area (Å²) >= 11 is 0. The molecule has 0 amide bonds. The van der Waals surface area contributed by atoms with Crippen LogP contribution in [0.15, 0.2) is 84.9 Å². The fraction of sp³-hybridized carbons (Fsp3) is 0.280. The molecular formula is C25H28N2. The standard InChI is InChI=1S/C25H28N2/c1-4-11-20(12-5-1)25(21-13-6-2-7-14-21)22-15-10-16-23(19-22)27-24-17-8-3-9-18-26-24/h1-2,4-7,10-16,19,24-27H,3,8-9,17-18H2/t24-/m1/s1. The van der Waals surface area contributed by atoms with E-state index in [-0.39, 0.29) is 5.92 Å². The van der Waals surface area contributed by atoms with Crippen molar-refractivity contribution in [2.75, 3.05) is 11.9 Å². The molecule has 1 saturated heterocycles. The molecule has 0 aliphatic carbocycles. The first-order chi connectivity index (χ1) is 13.4. The third kappa shape index (κ3) is 4.58. The van der Waals surface area contributed by atoms with E-state index in [9.17, 15) is 0 Å². The van der Waals surface area contributed by atoms with Gasteiger partial charge in [0.05, 0.1) is 6.17 Å². The van der Waals surface area contributed by atoms with E-state index in [1.54, 1.807) is 0 Å². The minimum Gasteiger partial charge on any atom is -0.370 e. The van der Waals surface area contributed by atoms with Gasteiger partial charge < -0.3 is 5.32 Å². The predicted octanol–water partition coefficient (Wildman–Crippen LogP) is 5.77. The molecule has 1 heterocycles. The highest BCUT2D eigenvalue weighted by Gasteiger charge is 2.17. The van der Waals surface area contributed by atoms with E-state index in [4.69, 9.17) is 0 Å². The topological polar surface area (TPSA) is 24.1 Å². The minimum atomic E-state index is 0.247. The van der Waals surface area contributed by atoms with E-state index >= 15 is 0 Å². The Morgan fingerprint density at radius 1 is 0.704 bits per heavy atom. The molecule has 2 nitrogen and oxygen atoms in total. The number of hydrogen-bond acceptors (Lipinski definition) is 2. The van der Waals surface area contributed by atoms with Crippen molar-refractivity contribution in [1.29, 1.82) is 0 Å². The fourth-order valence-corrected chi connectivity index (χ4v) is 4.03. The summed E-state index contributed by atoms with van der Waals surface area (Å²) in [5.41, 5.74) is 5.18. The summed E-state index contributed by atoms with van der Waals surface area (Å²) in [6.07, 6.45) is 5.46. The van der Waals surface area contributed by atoms with Crippen molar-refractivity contribution in [2.24, 2.45) is 0 Å². The van der Waals surface area contributed by atoms with Gasteiger partial charge in [0.2, 0.25) is 0 Å². The first-order valence-electron chi connectivity index (χ1n) is 10.1. The molecule has 1 fully saturated rings. The van der Waals surface area contributed by atoms with Gasteiger partial charge in [0.1, 0.15) is 0 Å². The molecule has 0 spiro atoms. The second-order valence-corrected chi connectivity index (χ2v) is 7.38. The number of nitrogens with one attached hydrogen (secondary N) is 2. The molecule has 1 aliphatic rings. The van der Waals surface area contributed by atoms with E-state index in [0.29, 0.717) is 6.17 Å². The smallest absolute Gasteiger partial charge is 0.0768 e. The molecular weight excluding hydrogens is 328 g/mol. The van der Waals surface area contributed by atoms with Crippen LogP contribution in [-0.2, 0) is 0 Å². The average Bonchev–Trinajstić information content (AvgIpc) is 2.99. The molecule has 0 unspecified atom stereocenters. The molecule has 4 rings (SSSR count).